The average molecular weight is 457 g/mol. The third-order valence-corrected chi connectivity index (χ3v) is 6.21. The number of hydrogen-bond donors (Lipinski definition) is 0. The SMILES string of the molecule is CS(=O)(=O)Cc1ccc(OCC(=O)N2CCN(c3ccc(Cl)c(Cl)c3)CC2)cc1. The van der Waals surface area contributed by atoms with Crippen LogP contribution in [0.3, 0.4) is 0 Å². The first-order valence-corrected chi connectivity index (χ1v) is 11.9. The third-order valence-electron chi connectivity index (χ3n) is 4.62. The highest BCUT2D eigenvalue weighted by Gasteiger charge is 2.22. The Hall–Kier alpha value is -1.96. The normalized spacial score (nSPS) is 14.7. The molecular formula is C20H22Cl2N2O4S. The largest absolute Gasteiger partial charge is 0.484 e. The zero-order valence-corrected chi connectivity index (χ0v) is 18.3. The summed E-state index contributed by atoms with van der Waals surface area (Å²) in [4.78, 5) is 16.4. The van der Waals surface area contributed by atoms with Gasteiger partial charge in [-0.25, -0.2) is 8.42 Å². The molecule has 156 valence electrons. The van der Waals surface area contributed by atoms with Gasteiger partial charge in [0.25, 0.3) is 5.91 Å². The molecule has 0 saturated carbocycles. The zero-order chi connectivity index (χ0) is 21.0. The number of piperazine rings is 1. The molecule has 3 rings (SSSR count). The van der Waals surface area contributed by atoms with Gasteiger partial charge in [0.1, 0.15) is 5.75 Å². The topological polar surface area (TPSA) is 66.9 Å². The number of halogens is 2. The predicted octanol–water partition coefficient (Wildman–Crippen LogP) is 3.27. The summed E-state index contributed by atoms with van der Waals surface area (Å²) in [5, 5.41) is 1.03. The van der Waals surface area contributed by atoms with E-state index in [0.29, 0.717) is 47.5 Å². The van der Waals surface area contributed by atoms with Gasteiger partial charge in [-0.1, -0.05) is 35.3 Å². The second kappa shape index (κ2) is 9.24. The number of hydrogen-bond acceptors (Lipinski definition) is 5. The molecule has 0 radical (unpaired) electrons. The second-order valence-electron chi connectivity index (χ2n) is 6.97. The molecule has 0 aliphatic carbocycles. The molecular weight excluding hydrogens is 435 g/mol. The van der Waals surface area contributed by atoms with Gasteiger partial charge >= 0.3 is 0 Å². The molecule has 2 aromatic carbocycles. The molecule has 0 bridgehead atoms. The van der Waals surface area contributed by atoms with Crippen LogP contribution >= 0.6 is 23.2 Å². The highest BCUT2D eigenvalue weighted by molar-refractivity contribution is 7.89. The van der Waals surface area contributed by atoms with Crippen LogP contribution in [0.25, 0.3) is 0 Å². The lowest BCUT2D eigenvalue weighted by atomic mass is 10.2. The van der Waals surface area contributed by atoms with Gasteiger partial charge in [0.05, 0.1) is 15.8 Å². The smallest absolute Gasteiger partial charge is 0.260 e. The van der Waals surface area contributed by atoms with Crippen molar-refractivity contribution in [1.29, 1.82) is 0 Å². The predicted molar refractivity (Wildman–Crippen MR) is 116 cm³/mol. The molecule has 0 atom stereocenters. The van der Waals surface area contributed by atoms with Crippen LogP contribution in [0, 0.1) is 0 Å². The lowest BCUT2D eigenvalue weighted by Gasteiger charge is -2.36. The Kier molecular flexibility index (Phi) is 6.93. The molecule has 0 N–H and O–H groups in total. The van der Waals surface area contributed by atoms with Gasteiger partial charge in [0.2, 0.25) is 0 Å². The first-order chi connectivity index (χ1) is 13.7. The van der Waals surface area contributed by atoms with Gasteiger partial charge in [-0.2, -0.15) is 0 Å². The number of rotatable bonds is 6. The Morgan fingerprint density at radius 3 is 2.24 bits per heavy atom. The monoisotopic (exact) mass is 456 g/mol. The van der Waals surface area contributed by atoms with Crippen LogP contribution in [0.1, 0.15) is 5.56 Å². The fourth-order valence-electron chi connectivity index (χ4n) is 3.12. The first kappa shape index (κ1) is 21.7. The number of carbonyl (C=O) groups excluding carboxylic acids is 1. The van der Waals surface area contributed by atoms with Crippen molar-refractivity contribution in [1.82, 2.24) is 4.90 Å². The summed E-state index contributed by atoms with van der Waals surface area (Å²) in [6.07, 6.45) is 1.19. The number of sulfone groups is 1. The second-order valence-corrected chi connectivity index (χ2v) is 9.92. The van der Waals surface area contributed by atoms with Gasteiger partial charge in [0.15, 0.2) is 16.4 Å². The summed E-state index contributed by atoms with van der Waals surface area (Å²) in [6, 6.07) is 12.3. The van der Waals surface area contributed by atoms with Crippen LogP contribution in [-0.2, 0) is 20.4 Å². The highest BCUT2D eigenvalue weighted by atomic mass is 35.5. The van der Waals surface area contributed by atoms with Gasteiger partial charge < -0.3 is 14.5 Å². The van der Waals surface area contributed by atoms with Crippen molar-refractivity contribution in [2.45, 2.75) is 5.75 Å². The van der Waals surface area contributed by atoms with Crippen LogP contribution in [-0.4, -0.2) is 58.3 Å². The molecule has 29 heavy (non-hydrogen) atoms. The maximum absolute atomic E-state index is 12.4. The summed E-state index contributed by atoms with van der Waals surface area (Å²) in [5.74, 6) is 0.430. The van der Waals surface area contributed by atoms with Crippen molar-refractivity contribution in [3.63, 3.8) is 0 Å². The molecule has 1 aliphatic heterocycles. The quantitative estimate of drug-likeness (QED) is 0.666. The van der Waals surface area contributed by atoms with Crippen LogP contribution in [0.2, 0.25) is 10.0 Å². The van der Waals surface area contributed by atoms with E-state index in [1.807, 2.05) is 12.1 Å². The number of benzene rings is 2. The van der Waals surface area contributed by atoms with Crippen molar-refractivity contribution >= 4 is 44.6 Å². The Morgan fingerprint density at radius 1 is 1.00 bits per heavy atom. The standard InChI is InChI=1S/C20H22Cl2N2O4S/c1-29(26,27)14-15-2-5-17(6-3-15)28-13-20(25)24-10-8-23(9-11-24)16-4-7-18(21)19(22)12-16/h2-7,12H,8-11,13-14H2,1H3. The van der Waals surface area contributed by atoms with Gasteiger partial charge in [-0.05, 0) is 35.9 Å². The average Bonchev–Trinajstić information content (AvgIpc) is 2.68. The lowest BCUT2D eigenvalue weighted by Crippen LogP contribution is -2.50. The summed E-state index contributed by atoms with van der Waals surface area (Å²) in [7, 11) is -3.08. The molecule has 0 unspecified atom stereocenters. The van der Waals surface area contributed by atoms with Crippen LogP contribution in [0.5, 0.6) is 5.75 Å². The number of nitrogens with zero attached hydrogens (tertiary/aromatic N) is 2. The Labute approximate surface area is 180 Å². The zero-order valence-electron chi connectivity index (χ0n) is 16.0. The maximum atomic E-state index is 12.4. The number of amides is 1. The molecule has 0 aromatic heterocycles. The molecule has 1 aliphatic rings. The minimum absolute atomic E-state index is 0.0185. The number of carbonyl (C=O) groups is 1. The Morgan fingerprint density at radius 2 is 1.66 bits per heavy atom. The van der Waals surface area contributed by atoms with E-state index < -0.39 is 9.84 Å². The Bertz CT molecular complexity index is 972. The van der Waals surface area contributed by atoms with E-state index >= 15 is 0 Å². The molecule has 9 heteroatoms. The van der Waals surface area contributed by atoms with Crippen LogP contribution < -0.4 is 9.64 Å². The van der Waals surface area contributed by atoms with Gasteiger partial charge in [-0.15, -0.1) is 0 Å². The number of ether oxygens (including phenoxy) is 1. The minimum Gasteiger partial charge on any atom is -0.484 e. The first-order valence-electron chi connectivity index (χ1n) is 9.08. The van der Waals surface area contributed by atoms with E-state index in [1.54, 1.807) is 35.2 Å². The lowest BCUT2D eigenvalue weighted by molar-refractivity contribution is -0.133. The van der Waals surface area contributed by atoms with Crippen molar-refractivity contribution in [3.05, 3.63) is 58.1 Å². The van der Waals surface area contributed by atoms with E-state index in [1.165, 1.54) is 6.26 Å². The molecule has 1 fully saturated rings. The Balaban J connectivity index is 1.48. The summed E-state index contributed by atoms with van der Waals surface area (Å²) in [5.41, 5.74) is 1.67. The van der Waals surface area contributed by atoms with E-state index in [-0.39, 0.29) is 18.3 Å². The fraction of sp³-hybridized carbons (Fsp3) is 0.350. The molecule has 1 saturated heterocycles. The molecule has 1 amide bonds. The van der Waals surface area contributed by atoms with Crippen molar-refractivity contribution in [2.24, 2.45) is 0 Å². The maximum Gasteiger partial charge on any atom is 0.260 e. The van der Waals surface area contributed by atoms with Crippen molar-refractivity contribution < 1.29 is 17.9 Å². The van der Waals surface area contributed by atoms with Crippen LogP contribution in [0.4, 0.5) is 5.69 Å². The van der Waals surface area contributed by atoms with Crippen LogP contribution in [0.15, 0.2) is 42.5 Å². The summed E-state index contributed by atoms with van der Waals surface area (Å²) < 4.78 is 28.2. The van der Waals surface area contributed by atoms with E-state index in [9.17, 15) is 13.2 Å². The third kappa shape index (κ3) is 6.26. The van der Waals surface area contributed by atoms with E-state index in [2.05, 4.69) is 4.90 Å². The molecule has 0 spiro atoms. The molecule has 2 aromatic rings. The van der Waals surface area contributed by atoms with Crippen molar-refractivity contribution in [3.8, 4) is 5.75 Å². The van der Waals surface area contributed by atoms with Crippen molar-refractivity contribution in [2.75, 3.05) is 43.9 Å². The van der Waals surface area contributed by atoms with E-state index in [4.69, 9.17) is 27.9 Å². The van der Waals surface area contributed by atoms with Gasteiger partial charge in [0, 0.05) is 38.1 Å². The summed E-state index contributed by atoms with van der Waals surface area (Å²) >= 11 is 12.0. The van der Waals surface area contributed by atoms with Gasteiger partial charge in [-0.3, -0.25) is 4.79 Å². The number of anilines is 1. The molecule has 6 nitrogen and oxygen atoms in total. The highest BCUT2D eigenvalue weighted by Crippen LogP contribution is 2.27. The fourth-order valence-corrected chi connectivity index (χ4v) is 4.21. The van der Waals surface area contributed by atoms with E-state index in [0.717, 1.165) is 5.69 Å². The summed E-state index contributed by atoms with van der Waals surface area (Å²) in [6.45, 7) is 2.53. The minimum atomic E-state index is -3.08. The molecule has 1 heterocycles.